The number of carbonyl (C=O) groups is 1. The lowest BCUT2D eigenvalue weighted by atomic mass is 9.87. The maximum absolute atomic E-state index is 12.9. The summed E-state index contributed by atoms with van der Waals surface area (Å²) in [6.45, 7) is 7.26. The molecule has 0 spiro atoms. The molecule has 37 heavy (non-hydrogen) atoms. The van der Waals surface area contributed by atoms with Crippen molar-refractivity contribution >= 4 is 16.7 Å². The van der Waals surface area contributed by atoms with Gasteiger partial charge in [-0.2, -0.15) is 0 Å². The molecule has 5 nitrogen and oxygen atoms in total. The van der Waals surface area contributed by atoms with Crippen LogP contribution in [0.3, 0.4) is 0 Å². The van der Waals surface area contributed by atoms with Gasteiger partial charge in [0.1, 0.15) is 28.7 Å². The van der Waals surface area contributed by atoms with Crippen LogP contribution in [0.5, 0.6) is 23.0 Å². The highest BCUT2D eigenvalue weighted by molar-refractivity contribution is 5.94. The summed E-state index contributed by atoms with van der Waals surface area (Å²) in [5.74, 6) is 2.70. The standard InChI is InChI=1S/C32H33NO4/c1-32(2,3)25-12-15-26(16-13-25)36-29-14-11-23-20-33-30(18-24(23)17-29)31(34)37-28-10-6-9-27(19-28)35-21-22-7-4-5-8-22/h6,9-20,22H,4-5,7-8,21H2,1-3H3. The molecular weight excluding hydrogens is 462 g/mol. The summed E-state index contributed by atoms with van der Waals surface area (Å²) in [7, 11) is 0. The van der Waals surface area contributed by atoms with Crippen LogP contribution in [0.25, 0.3) is 10.8 Å². The Morgan fingerprint density at radius 2 is 1.57 bits per heavy atom. The molecule has 5 heteroatoms. The Kier molecular flexibility index (Phi) is 7.13. The molecule has 0 amide bonds. The third kappa shape index (κ3) is 6.29. The Hall–Kier alpha value is -3.86. The molecule has 0 radical (unpaired) electrons. The quantitative estimate of drug-likeness (QED) is 0.191. The largest absolute Gasteiger partial charge is 0.493 e. The van der Waals surface area contributed by atoms with Gasteiger partial charge >= 0.3 is 5.97 Å². The zero-order chi connectivity index (χ0) is 25.8. The molecular formula is C32H33NO4. The number of esters is 1. The van der Waals surface area contributed by atoms with Gasteiger partial charge in [0, 0.05) is 17.6 Å². The van der Waals surface area contributed by atoms with E-state index in [-0.39, 0.29) is 11.1 Å². The summed E-state index contributed by atoms with van der Waals surface area (Å²) in [4.78, 5) is 17.2. The molecule has 1 fully saturated rings. The van der Waals surface area contributed by atoms with Gasteiger partial charge in [-0.05, 0) is 83.7 Å². The summed E-state index contributed by atoms with van der Waals surface area (Å²) in [6, 6.07) is 22.8. The minimum Gasteiger partial charge on any atom is -0.493 e. The van der Waals surface area contributed by atoms with Crippen LogP contribution in [0, 0.1) is 5.92 Å². The molecule has 1 aliphatic carbocycles. The van der Waals surface area contributed by atoms with E-state index in [1.54, 1.807) is 24.4 Å². The molecule has 190 valence electrons. The van der Waals surface area contributed by atoms with Crippen molar-refractivity contribution in [2.24, 2.45) is 5.92 Å². The highest BCUT2D eigenvalue weighted by Crippen LogP contribution is 2.30. The predicted molar refractivity (Wildman–Crippen MR) is 146 cm³/mol. The van der Waals surface area contributed by atoms with E-state index in [4.69, 9.17) is 14.2 Å². The first-order valence-corrected chi connectivity index (χ1v) is 13.0. The van der Waals surface area contributed by atoms with E-state index in [1.807, 2.05) is 42.5 Å². The van der Waals surface area contributed by atoms with Gasteiger partial charge in [0.05, 0.1) is 6.61 Å². The second-order valence-electron chi connectivity index (χ2n) is 10.8. The SMILES string of the molecule is CC(C)(C)c1ccc(Oc2ccc3cnc(C(=O)Oc4cccc(OCC5CCCC5)c4)cc3c2)cc1. The Balaban J connectivity index is 1.27. The van der Waals surface area contributed by atoms with E-state index >= 15 is 0 Å². The second-order valence-corrected chi connectivity index (χ2v) is 10.8. The fraction of sp³-hybridized carbons (Fsp3) is 0.312. The summed E-state index contributed by atoms with van der Waals surface area (Å²) in [6.07, 6.45) is 6.68. The maximum atomic E-state index is 12.9. The molecule has 5 rings (SSSR count). The van der Waals surface area contributed by atoms with Gasteiger partial charge in [0.15, 0.2) is 0 Å². The highest BCUT2D eigenvalue weighted by Gasteiger charge is 2.17. The van der Waals surface area contributed by atoms with Crippen LogP contribution >= 0.6 is 0 Å². The van der Waals surface area contributed by atoms with Crippen molar-refractivity contribution in [3.63, 3.8) is 0 Å². The molecule has 1 aliphatic rings. The van der Waals surface area contributed by atoms with Crippen LogP contribution in [0.15, 0.2) is 79.0 Å². The van der Waals surface area contributed by atoms with Gasteiger partial charge in [-0.15, -0.1) is 0 Å². The van der Waals surface area contributed by atoms with Crippen LogP contribution in [0.2, 0.25) is 0 Å². The normalized spacial score (nSPS) is 14.0. The maximum Gasteiger partial charge on any atom is 0.362 e. The van der Waals surface area contributed by atoms with Crippen LogP contribution in [0.4, 0.5) is 0 Å². The smallest absolute Gasteiger partial charge is 0.362 e. The Morgan fingerprint density at radius 3 is 2.32 bits per heavy atom. The van der Waals surface area contributed by atoms with Crippen molar-refractivity contribution in [3.8, 4) is 23.0 Å². The van der Waals surface area contributed by atoms with Gasteiger partial charge in [-0.1, -0.05) is 51.8 Å². The average molecular weight is 496 g/mol. The summed E-state index contributed by atoms with van der Waals surface area (Å²) in [5, 5.41) is 1.76. The van der Waals surface area contributed by atoms with Crippen molar-refractivity contribution in [3.05, 3.63) is 90.3 Å². The number of nitrogens with zero attached hydrogens (tertiary/aromatic N) is 1. The second kappa shape index (κ2) is 10.6. The molecule has 0 atom stereocenters. The first-order valence-electron chi connectivity index (χ1n) is 13.0. The molecule has 0 unspecified atom stereocenters. The number of hydrogen-bond acceptors (Lipinski definition) is 5. The summed E-state index contributed by atoms with van der Waals surface area (Å²) < 4.78 is 17.6. The number of pyridine rings is 1. The van der Waals surface area contributed by atoms with Gasteiger partial charge in [0.2, 0.25) is 0 Å². The van der Waals surface area contributed by atoms with Crippen molar-refractivity contribution in [1.82, 2.24) is 4.98 Å². The third-order valence-corrected chi connectivity index (χ3v) is 6.83. The molecule has 1 aromatic heterocycles. The van der Waals surface area contributed by atoms with E-state index in [2.05, 4.69) is 37.9 Å². The predicted octanol–water partition coefficient (Wildman–Crippen LogP) is 8.11. The average Bonchev–Trinajstić information content (AvgIpc) is 3.41. The van der Waals surface area contributed by atoms with Gasteiger partial charge in [-0.25, -0.2) is 9.78 Å². The van der Waals surface area contributed by atoms with Crippen molar-refractivity contribution in [1.29, 1.82) is 0 Å². The fourth-order valence-corrected chi connectivity index (χ4v) is 4.63. The molecule has 0 N–H and O–H groups in total. The minimum atomic E-state index is -0.515. The Morgan fingerprint density at radius 1 is 0.838 bits per heavy atom. The van der Waals surface area contributed by atoms with Crippen LogP contribution in [-0.2, 0) is 5.41 Å². The molecule has 0 aliphatic heterocycles. The lowest BCUT2D eigenvalue weighted by Crippen LogP contribution is -2.11. The van der Waals surface area contributed by atoms with E-state index in [1.165, 1.54) is 31.2 Å². The van der Waals surface area contributed by atoms with Crippen LogP contribution in [0.1, 0.15) is 62.5 Å². The third-order valence-electron chi connectivity index (χ3n) is 6.83. The van der Waals surface area contributed by atoms with E-state index < -0.39 is 5.97 Å². The summed E-state index contributed by atoms with van der Waals surface area (Å²) >= 11 is 0. The zero-order valence-corrected chi connectivity index (χ0v) is 21.7. The molecule has 0 saturated heterocycles. The number of rotatable bonds is 7. The number of fused-ring (bicyclic) bond motifs is 1. The first kappa shape index (κ1) is 24.8. The molecule has 1 heterocycles. The lowest BCUT2D eigenvalue weighted by molar-refractivity contribution is 0.0728. The van der Waals surface area contributed by atoms with Gasteiger partial charge < -0.3 is 14.2 Å². The topological polar surface area (TPSA) is 57.7 Å². The summed E-state index contributed by atoms with van der Waals surface area (Å²) in [5.41, 5.74) is 1.57. The van der Waals surface area contributed by atoms with Crippen molar-refractivity contribution in [2.75, 3.05) is 6.61 Å². The zero-order valence-electron chi connectivity index (χ0n) is 21.7. The number of aromatic nitrogens is 1. The monoisotopic (exact) mass is 495 g/mol. The lowest BCUT2D eigenvalue weighted by Gasteiger charge is -2.19. The van der Waals surface area contributed by atoms with E-state index in [9.17, 15) is 4.79 Å². The molecule has 0 bridgehead atoms. The van der Waals surface area contributed by atoms with Crippen molar-refractivity contribution in [2.45, 2.75) is 51.9 Å². The number of hydrogen-bond donors (Lipinski definition) is 0. The van der Waals surface area contributed by atoms with Crippen molar-refractivity contribution < 1.29 is 19.0 Å². The minimum absolute atomic E-state index is 0.0866. The number of ether oxygens (including phenoxy) is 3. The first-order chi connectivity index (χ1) is 17.8. The van der Waals surface area contributed by atoms with Crippen LogP contribution in [-0.4, -0.2) is 17.6 Å². The molecule has 4 aromatic rings. The van der Waals surface area contributed by atoms with Gasteiger partial charge in [0.25, 0.3) is 0 Å². The highest BCUT2D eigenvalue weighted by atomic mass is 16.5. The van der Waals surface area contributed by atoms with E-state index in [0.29, 0.717) is 29.8 Å². The van der Waals surface area contributed by atoms with Gasteiger partial charge in [-0.3, -0.25) is 0 Å². The van der Waals surface area contributed by atoms with E-state index in [0.717, 1.165) is 16.5 Å². The molecule has 3 aromatic carbocycles. The Bertz CT molecular complexity index is 1380. The number of benzene rings is 3. The fourth-order valence-electron chi connectivity index (χ4n) is 4.63. The van der Waals surface area contributed by atoms with Crippen LogP contribution < -0.4 is 14.2 Å². The number of carbonyl (C=O) groups excluding carboxylic acids is 1. The Labute approximate surface area is 218 Å². The molecule has 1 saturated carbocycles.